The van der Waals surface area contributed by atoms with E-state index in [1.165, 1.54) is 0 Å². The number of hydrogen-bond donors (Lipinski definition) is 2. The first-order chi connectivity index (χ1) is 9.15. The highest BCUT2D eigenvalue weighted by molar-refractivity contribution is 5.85. The summed E-state index contributed by atoms with van der Waals surface area (Å²) in [5.41, 5.74) is 7.34. The van der Waals surface area contributed by atoms with E-state index >= 15 is 0 Å². The molecule has 1 unspecified atom stereocenters. The van der Waals surface area contributed by atoms with Crippen LogP contribution in [0.4, 0.5) is 5.95 Å². The van der Waals surface area contributed by atoms with Crippen LogP contribution >= 0.6 is 0 Å². The SMILES string of the molecule is COCCNC(=O)C(C)n1c(N)nc2cnccc21. The van der Waals surface area contributed by atoms with E-state index in [1.807, 2.05) is 0 Å². The van der Waals surface area contributed by atoms with Gasteiger partial charge in [-0.25, -0.2) is 4.98 Å². The van der Waals surface area contributed by atoms with E-state index in [0.717, 1.165) is 5.52 Å². The number of methoxy groups -OCH3 is 1. The molecule has 0 aliphatic heterocycles. The Morgan fingerprint density at radius 3 is 3.16 bits per heavy atom. The van der Waals surface area contributed by atoms with Crippen molar-refractivity contribution in [1.82, 2.24) is 19.9 Å². The lowest BCUT2D eigenvalue weighted by molar-refractivity contribution is -0.123. The topological polar surface area (TPSA) is 95.1 Å². The number of carbonyl (C=O) groups excluding carboxylic acids is 1. The molecule has 0 spiro atoms. The van der Waals surface area contributed by atoms with Crippen LogP contribution in [-0.2, 0) is 9.53 Å². The maximum absolute atomic E-state index is 12.0. The highest BCUT2D eigenvalue weighted by atomic mass is 16.5. The van der Waals surface area contributed by atoms with Gasteiger partial charge in [0.05, 0.1) is 18.3 Å². The Morgan fingerprint density at radius 1 is 1.63 bits per heavy atom. The third-order valence-electron chi connectivity index (χ3n) is 2.89. The molecule has 0 saturated heterocycles. The predicted octanol–water partition coefficient (Wildman–Crippen LogP) is 0.337. The summed E-state index contributed by atoms with van der Waals surface area (Å²) < 4.78 is 6.58. The number of nitrogen functional groups attached to an aromatic ring is 1. The van der Waals surface area contributed by atoms with Gasteiger partial charge in [-0.1, -0.05) is 0 Å². The van der Waals surface area contributed by atoms with E-state index in [4.69, 9.17) is 10.5 Å². The number of nitrogens with zero attached hydrogens (tertiary/aromatic N) is 3. The number of hydrogen-bond acceptors (Lipinski definition) is 5. The molecule has 2 aromatic rings. The van der Waals surface area contributed by atoms with Gasteiger partial charge >= 0.3 is 0 Å². The summed E-state index contributed by atoms with van der Waals surface area (Å²) in [4.78, 5) is 20.2. The maximum Gasteiger partial charge on any atom is 0.242 e. The van der Waals surface area contributed by atoms with E-state index in [9.17, 15) is 4.79 Å². The standard InChI is InChI=1S/C12H17N5O2/c1-8(11(18)15-5-6-19-2)17-10-3-4-14-7-9(10)16-12(17)13/h3-4,7-8H,5-6H2,1-2H3,(H2,13,16)(H,15,18). The van der Waals surface area contributed by atoms with Crippen molar-refractivity contribution in [3.63, 3.8) is 0 Å². The average Bonchev–Trinajstić information content (AvgIpc) is 2.74. The summed E-state index contributed by atoms with van der Waals surface area (Å²) in [6.45, 7) is 2.72. The molecule has 0 bridgehead atoms. The summed E-state index contributed by atoms with van der Waals surface area (Å²) in [5, 5.41) is 2.78. The summed E-state index contributed by atoms with van der Waals surface area (Å²) in [7, 11) is 1.59. The first-order valence-electron chi connectivity index (χ1n) is 5.99. The van der Waals surface area contributed by atoms with Gasteiger partial charge in [0.25, 0.3) is 0 Å². The first-order valence-corrected chi connectivity index (χ1v) is 5.99. The van der Waals surface area contributed by atoms with Crippen LogP contribution in [0.5, 0.6) is 0 Å². The van der Waals surface area contributed by atoms with Crippen LogP contribution in [-0.4, -0.2) is 40.7 Å². The van der Waals surface area contributed by atoms with Gasteiger partial charge in [0, 0.05) is 19.9 Å². The largest absolute Gasteiger partial charge is 0.383 e. The van der Waals surface area contributed by atoms with E-state index in [-0.39, 0.29) is 5.91 Å². The van der Waals surface area contributed by atoms with Gasteiger partial charge in [-0.2, -0.15) is 0 Å². The highest BCUT2D eigenvalue weighted by Crippen LogP contribution is 2.21. The number of pyridine rings is 1. The molecule has 0 saturated carbocycles. The monoisotopic (exact) mass is 263 g/mol. The lowest BCUT2D eigenvalue weighted by Crippen LogP contribution is -2.33. The number of rotatable bonds is 5. The molecule has 0 radical (unpaired) electrons. The van der Waals surface area contributed by atoms with Crippen LogP contribution in [0.3, 0.4) is 0 Å². The van der Waals surface area contributed by atoms with Gasteiger partial charge in [-0.05, 0) is 13.0 Å². The maximum atomic E-state index is 12.0. The van der Waals surface area contributed by atoms with E-state index < -0.39 is 6.04 Å². The Hall–Kier alpha value is -2.15. The zero-order valence-electron chi connectivity index (χ0n) is 11.0. The molecule has 2 rings (SSSR count). The summed E-state index contributed by atoms with van der Waals surface area (Å²) in [5.74, 6) is 0.178. The third kappa shape index (κ3) is 2.65. The second-order valence-corrected chi connectivity index (χ2v) is 4.16. The minimum atomic E-state index is -0.441. The molecule has 1 atom stereocenters. The number of amides is 1. The number of anilines is 1. The number of ether oxygens (including phenoxy) is 1. The van der Waals surface area contributed by atoms with Crippen LogP contribution in [0.15, 0.2) is 18.5 Å². The van der Waals surface area contributed by atoms with Crippen LogP contribution in [0.1, 0.15) is 13.0 Å². The molecule has 19 heavy (non-hydrogen) atoms. The van der Waals surface area contributed by atoms with E-state index in [0.29, 0.717) is 24.6 Å². The summed E-state index contributed by atoms with van der Waals surface area (Å²) in [6.07, 6.45) is 3.27. The second-order valence-electron chi connectivity index (χ2n) is 4.16. The molecule has 3 N–H and O–H groups in total. The van der Waals surface area contributed by atoms with Crippen LogP contribution in [0.2, 0.25) is 0 Å². The Labute approximate surface area is 110 Å². The first kappa shape index (κ1) is 13.3. The van der Waals surface area contributed by atoms with Gasteiger partial charge in [-0.15, -0.1) is 0 Å². The molecule has 0 aromatic carbocycles. The van der Waals surface area contributed by atoms with Crippen molar-refractivity contribution in [2.75, 3.05) is 26.0 Å². The van der Waals surface area contributed by atoms with Crippen molar-refractivity contribution >= 4 is 22.9 Å². The number of nitrogens with two attached hydrogens (primary N) is 1. The molecule has 0 fully saturated rings. The number of fused-ring (bicyclic) bond motifs is 1. The molecule has 2 aromatic heterocycles. The lowest BCUT2D eigenvalue weighted by atomic mass is 10.3. The van der Waals surface area contributed by atoms with Gasteiger partial charge in [-0.3, -0.25) is 14.3 Å². The molecule has 1 amide bonds. The minimum Gasteiger partial charge on any atom is -0.383 e. The Kier molecular flexibility index (Phi) is 3.96. The molecule has 0 aliphatic carbocycles. The minimum absolute atomic E-state index is 0.125. The van der Waals surface area contributed by atoms with Crippen molar-refractivity contribution in [3.05, 3.63) is 18.5 Å². The molecule has 102 valence electrons. The quantitative estimate of drug-likeness (QED) is 0.758. The van der Waals surface area contributed by atoms with Crippen LogP contribution < -0.4 is 11.1 Å². The molecule has 2 heterocycles. The number of imidazole rings is 1. The predicted molar refractivity (Wildman–Crippen MR) is 71.5 cm³/mol. The van der Waals surface area contributed by atoms with Crippen molar-refractivity contribution in [2.24, 2.45) is 0 Å². The fraction of sp³-hybridized carbons (Fsp3) is 0.417. The molecular weight excluding hydrogens is 246 g/mol. The van der Waals surface area contributed by atoms with Crippen molar-refractivity contribution < 1.29 is 9.53 Å². The average molecular weight is 263 g/mol. The number of aromatic nitrogens is 3. The number of carbonyl (C=O) groups is 1. The van der Waals surface area contributed by atoms with Gasteiger partial charge in [0.1, 0.15) is 11.6 Å². The van der Waals surface area contributed by atoms with E-state index in [1.54, 1.807) is 37.1 Å². The number of nitrogens with one attached hydrogen (secondary N) is 1. The summed E-state index contributed by atoms with van der Waals surface area (Å²) >= 11 is 0. The van der Waals surface area contributed by atoms with Gasteiger partial charge < -0.3 is 15.8 Å². The highest BCUT2D eigenvalue weighted by Gasteiger charge is 2.19. The molecule has 0 aliphatic rings. The third-order valence-corrected chi connectivity index (χ3v) is 2.89. The second kappa shape index (κ2) is 5.66. The van der Waals surface area contributed by atoms with Gasteiger partial charge in [0.2, 0.25) is 11.9 Å². The fourth-order valence-corrected chi connectivity index (χ4v) is 1.92. The van der Waals surface area contributed by atoms with Gasteiger partial charge in [0.15, 0.2) is 0 Å². The molecule has 7 heteroatoms. The molecular formula is C12H17N5O2. The van der Waals surface area contributed by atoms with Crippen molar-refractivity contribution in [2.45, 2.75) is 13.0 Å². The zero-order valence-corrected chi connectivity index (χ0v) is 11.0. The van der Waals surface area contributed by atoms with E-state index in [2.05, 4.69) is 15.3 Å². The summed E-state index contributed by atoms with van der Waals surface area (Å²) in [6, 6.07) is 1.35. The smallest absolute Gasteiger partial charge is 0.242 e. The Balaban J connectivity index is 2.23. The van der Waals surface area contributed by atoms with Crippen molar-refractivity contribution in [1.29, 1.82) is 0 Å². The normalized spacial score (nSPS) is 12.5. The van der Waals surface area contributed by atoms with Crippen LogP contribution in [0.25, 0.3) is 11.0 Å². The lowest BCUT2D eigenvalue weighted by Gasteiger charge is -2.15. The molecule has 7 nitrogen and oxygen atoms in total. The fourth-order valence-electron chi connectivity index (χ4n) is 1.92. The Morgan fingerprint density at radius 2 is 2.42 bits per heavy atom. The zero-order chi connectivity index (χ0) is 13.8. The van der Waals surface area contributed by atoms with Crippen LogP contribution in [0, 0.1) is 0 Å². The Bertz CT molecular complexity index is 581. The van der Waals surface area contributed by atoms with Crippen molar-refractivity contribution in [3.8, 4) is 0 Å².